The van der Waals surface area contributed by atoms with Gasteiger partial charge in [-0.15, -0.1) is 11.3 Å². The van der Waals surface area contributed by atoms with Gasteiger partial charge in [-0.1, -0.05) is 6.92 Å². The summed E-state index contributed by atoms with van der Waals surface area (Å²) in [6.45, 7) is 5.91. The van der Waals surface area contributed by atoms with Gasteiger partial charge in [-0.25, -0.2) is 9.78 Å². The number of carbonyl (C=O) groups excluding carboxylic acids is 1. The summed E-state index contributed by atoms with van der Waals surface area (Å²) in [5.41, 5.74) is 1.73. The fraction of sp³-hybridized carbons (Fsp3) is 0.615. The summed E-state index contributed by atoms with van der Waals surface area (Å²) in [6.07, 6.45) is 0.459. The number of carboxylic acid groups (broad SMARTS) is 1. The number of carbonyl (C=O) groups is 2. The molecule has 0 aliphatic carbocycles. The fourth-order valence-electron chi connectivity index (χ4n) is 1.52. The minimum atomic E-state index is -0.934. The summed E-state index contributed by atoms with van der Waals surface area (Å²) >= 11 is 1.50. The second kappa shape index (κ2) is 6.69. The van der Waals surface area contributed by atoms with Crippen LogP contribution in [0.3, 0.4) is 0 Å². The van der Waals surface area contributed by atoms with E-state index in [2.05, 4.69) is 10.3 Å². The van der Waals surface area contributed by atoms with Crippen molar-refractivity contribution in [2.45, 2.75) is 33.7 Å². The lowest BCUT2D eigenvalue weighted by molar-refractivity contribution is -0.147. The highest BCUT2D eigenvalue weighted by Gasteiger charge is 2.31. The molecule has 1 heterocycles. The normalized spacial score (nSPS) is 13.6. The van der Waals surface area contributed by atoms with E-state index < -0.39 is 11.4 Å². The predicted octanol–water partition coefficient (Wildman–Crippen LogP) is 2.09. The van der Waals surface area contributed by atoms with Gasteiger partial charge in [0.1, 0.15) is 0 Å². The lowest BCUT2D eigenvalue weighted by atomic mass is 9.88. The Bertz CT molecular complexity index is 489. The van der Waals surface area contributed by atoms with Gasteiger partial charge < -0.3 is 15.3 Å². The van der Waals surface area contributed by atoms with Gasteiger partial charge >= 0.3 is 12.0 Å². The maximum absolute atomic E-state index is 12.0. The van der Waals surface area contributed by atoms with Crippen LogP contribution in [0, 0.1) is 12.3 Å². The van der Waals surface area contributed by atoms with Gasteiger partial charge in [-0.3, -0.25) is 4.79 Å². The molecule has 6 nitrogen and oxygen atoms in total. The number of nitrogens with zero attached hydrogens (tertiary/aromatic N) is 2. The Kier molecular flexibility index (Phi) is 5.50. The third kappa shape index (κ3) is 3.93. The van der Waals surface area contributed by atoms with E-state index in [0.717, 1.165) is 10.6 Å². The average Bonchev–Trinajstić information content (AvgIpc) is 2.80. The van der Waals surface area contributed by atoms with Crippen LogP contribution in [0.15, 0.2) is 5.51 Å². The maximum Gasteiger partial charge on any atom is 0.317 e. The number of urea groups is 1. The molecule has 20 heavy (non-hydrogen) atoms. The van der Waals surface area contributed by atoms with Crippen molar-refractivity contribution in [3.05, 3.63) is 16.1 Å². The van der Waals surface area contributed by atoms with Crippen molar-refractivity contribution in [2.24, 2.45) is 5.41 Å². The number of thiazole rings is 1. The van der Waals surface area contributed by atoms with Gasteiger partial charge in [-0.05, 0) is 20.3 Å². The van der Waals surface area contributed by atoms with Gasteiger partial charge in [-0.2, -0.15) is 0 Å². The van der Waals surface area contributed by atoms with Crippen LogP contribution >= 0.6 is 11.3 Å². The molecule has 0 bridgehead atoms. The highest BCUT2D eigenvalue weighted by atomic mass is 32.1. The van der Waals surface area contributed by atoms with E-state index in [4.69, 9.17) is 5.11 Å². The summed E-state index contributed by atoms with van der Waals surface area (Å²) in [6, 6.07) is -0.279. The summed E-state index contributed by atoms with van der Waals surface area (Å²) in [5, 5.41) is 11.8. The van der Waals surface area contributed by atoms with E-state index in [1.807, 2.05) is 6.92 Å². The zero-order valence-corrected chi connectivity index (χ0v) is 13.1. The molecule has 1 aromatic rings. The van der Waals surface area contributed by atoms with E-state index in [-0.39, 0.29) is 12.6 Å². The lowest BCUT2D eigenvalue weighted by Crippen LogP contribution is -2.45. The molecule has 0 saturated heterocycles. The molecule has 0 aliphatic rings. The Morgan fingerprint density at radius 1 is 1.55 bits per heavy atom. The van der Waals surface area contributed by atoms with Crippen molar-refractivity contribution < 1.29 is 14.7 Å². The van der Waals surface area contributed by atoms with Crippen molar-refractivity contribution in [2.75, 3.05) is 13.6 Å². The van der Waals surface area contributed by atoms with E-state index in [9.17, 15) is 9.59 Å². The minimum absolute atomic E-state index is 0.115. The largest absolute Gasteiger partial charge is 0.481 e. The number of rotatable bonds is 6. The summed E-state index contributed by atoms with van der Waals surface area (Å²) < 4.78 is 0. The molecule has 0 spiro atoms. The Morgan fingerprint density at radius 2 is 2.20 bits per heavy atom. The molecule has 1 aromatic heterocycles. The van der Waals surface area contributed by atoms with E-state index in [1.54, 1.807) is 26.4 Å². The standard InChI is InChI=1S/C13H21N3O3S/c1-5-13(3,11(17)18)7-14-12(19)16(4)6-10-9(2)15-8-20-10/h8H,5-7H2,1-4H3,(H,14,19)(H,17,18). The molecule has 0 aliphatic heterocycles. The number of carboxylic acids is 1. The minimum Gasteiger partial charge on any atom is -0.481 e. The molecule has 1 unspecified atom stereocenters. The number of aromatic nitrogens is 1. The van der Waals surface area contributed by atoms with Crippen LogP contribution < -0.4 is 5.32 Å². The van der Waals surface area contributed by atoms with Crippen molar-refractivity contribution in [3.8, 4) is 0 Å². The van der Waals surface area contributed by atoms with Gasteiger partial charge in [0.15, 0.2) is 0 Å². The summed E-state index contributed by atoms with van der Waals surface area (Å²) in [5.74, 6) is -0.902. The summed E-state index contributed by atoms with van der Waals surface area (Å²) in [4.78, 5) is 29.8. The first kappa shape index (κ1) is 16.4. The molecular weight excluding hydrogens is 278 g/mol. The van der Waals surface area contributed by atoms with Crippen LogP contribution in [0.2, 0.25) is 0 Å². The highest BCUT2D eigenvalue weighted by Crippen LogP contribution is 2.20. The van der Waals surface area contributed by atoms with E-state index in [0.29, 0.717) is 13.0 Å². The Hall–Kier alpha value is -1.63. The molecule has 2 amide bonds. The molecule has 7 heteroatoms. The number of nitrogens with one attached hydrogen (secondary N) is 1. The Morgan fingerprint density at radius 3 is 2.65 bits per heavy atom. The van der Waals surface area contributed by atoms with Crippen LogP contribution in [0.5, 0.6) is 0 Å². The lowest BCUT2D eigenvalue weighted by Gasteiger charge is -2.25. The quantitative estimate of drug-likeness (QED) is 0.842. The van der Waals surface area contributed by atoms with Crippen molar-refractivity contribution in [3.63, 3.8) is 0 Å². The Balaban J connectivity index is 2.54. The summed E-state index contributed by atoms with van der Waals surface area (Å²) in [7, 11) is 1.68. The van der Waals surface area contributed by atoms with Gasteiger partial charge in [0.05, 0.1) is 23.2 Å². The van der Waals surface area contributed by atoms with Crippen LogP contribution in [0.1, 0.15) is 30.8 Å². The molecule has 0 fully saturated rings. The third-order valence-electron chi connectivity index (χ3n) is 3.50. The molecular formula is C13H21N3O3S. The molecule has 0 aromatic carbocycles. The van der Waals surface area contributed by atoms with E-state index in [1.165, 1.54) is 16.2 Å². The molecule has 0 saturated carbocycles. The van der Waals surface area contributed by atoms with Gasteiger partial charge in [0, 0.05) is 18.5 Å². The second-order valence-electron chi connectivity index (χ2n) is 5.10. The number of hydrogen-bond acceptors (Lipinski definition) is 4. The topological polar surface area (TPSA) is 82.5 Å². The molecule has 2 N–H and O–H groups in total. The number of hydrogen-bond donors (Lipinski definition) is 2. The first-order valence-electron chi connectivity index (χ1n) is 6.41. The highest BCUT2D eigenvalue weighted by molar-refractivity contribution is 7.09. The first-order valence-corrected chi connectivity index (χ1v) is 7.29. The third-order valence-corrected chi connectivity index (χ3v) is 4.42. The molecule has 1 atom stereocenters. The number of aryl methyl sites for hydroxylation is 1. The SMILES string of the molecule is CCC(C)(CNC(=O)N(C)Cc1scnc1C)C(=O)O. The Labute approximate surface area is 122 Å². The zero-order valence-electron chi connectivity index (χ0n) is 12.3. The van der Waals surface area contributed by atoms with E-state index >= 15 is 0 Å². The number of amides is 2. The first-order chi connectivity index (χ1) is 9.30. The fourth-order valence-corrected chi connectivity index (χ4v) is 2.35. The van der Waals surface area contributed by atoms with Gasteiger partial charge in [0.25, 0.3) is 0 Å². The van der Waals surface area contributed by atoms with Crippen LogP contribution in [-0.4, -0.2) is 40.6 Å². The maximum atomic E-state index is 12.0. The molecule has 0 radical (unpaired) electrons. The van der Waals surface area contributed by atoms with Crippen molar-refractivity contribution in [1.29, 1.82) is 0 Å². The van der Waals surface area contributed by atoms with Crippen LogP contribution in [0.25, 0.3) is 0 Å². The van der Waals surface area contributed by atoms with Crippen LogP contribution in [-0.2, 0) is 11.3 Å². The predicted molar refractivity (Wildman–Crippen MR) is 77.8 cm³/mol. The zero-order chi connectivity index (χ0) is 15.3. The van der Waals surface area contributed by atoms with Gasteiger partial charge in [0.2, 0.25) is 0 Å². The molecule has 1 rings (SSSR count). The van der Waals surface area contributed by atoms with Crippen molar-refractivity contribution >= 4 is 23.3 Å². The average molecular weight is 299 g/mol. The molecule has 112 valence electrons. The second-order valence-corrected chi connectivity index (χ2v) is 6.03. The number of aliphatic carboxylic acids is 1. The van der Waals surface area contributed by atoms with Crippen LogP contribution in [0.4, 0.5) is 4.79 Å². The van der Waals surface area contributed by atoms with Crippen molar-refractivity contribution in [1.82, 2.24) is 15.2 Å². The monoisotopic (exact) mass is 299 g/mol. The smallest absolute Gasteiger partial charge is 0.317 e.